The summed E-state index contributed by atoms with van der Waals surface area (Å²) in [4.78, 5) is 0. The fourth-order valence-electron chi connectivity index (χ4n) is 1.85. The van der Waals surface area contributed by atoms with Gasteiger partial charge in [-0.25, -0.2) is 0 Å². The molecule has 20 heavy (non-hydrogen) atoms. The molecule has 0 aliphatic heterocycles. The number of aryl methyl sites for hydroxylation is 1. The van der Waals surface area contributed by atoms with E-state index in [-0.39, 0.29) is 0 Å². The minimum Gasteiger partial charge on any atom is -0.309 e. The van der Waals surface area contributed by atoms with Crippen LogP contribution in [0.4, 0.5) is 0 Å². The van der Waals surface area contributed by atoms with E-state index in [9.17, 15) is 0 Å². The first-order chi connectivity index (χ1) is 9.72. The summed E-state index contributed by atoms with van der Waals surface area (Å²) in [6.07, 6.45) is 5.36. The van der Waals surface area contributed by atoms with Gasteiger partial charge in [-0.3, -0.25) is 0 Å². The maximum atomic E-state index is 6.17. The molecule has 0 saturated heterocycles. The molecule has 0 aliphatic rings. The zero-order chi connectivity index (χ0) is 14.4. The molecule has 2 aromatic rings. The molecule has 108 valence electrons. The minimum atomic E-state index is 0.696. The van der Waals surface area contributed by atoms with E-state index in [1.807, 2.05) is 18.2 Å². The van der Waals surface area contributed by atoms with Gasteiger partial charge in [0.1, 0.15) is 6.33 Å². The molecule has 0 N–H and O–H groups in total. The molecule has 0 saturated carbocycles. The molecule has 0 fully saturated rings. The molecule has 6 heteroatoms. The van der Waals surface area contributed by atoms with Crippen molar-refractivity contribution >= 4 is 35.0 Å². The van der Waals surface area contributed by atoms with Gasteiger partial charge >= 0.3 is 0 Å². The van der Waals surface area contributed by atoms with Crippen LogP contribution in [-0.4, -0.2) is 14.8 Å². The van der Waals surface area contributed by atoms with Gasteiger partial charge in [-0.05, 0) is 24.1 Å². The quantitative estimate of drug-likeness (QED) is 0.525. The van der Waals surface area contributed by atoms with Crippen LogP contribution >= 0.6 is 35.0 Å². The second-order valence-electron chi connectivity index (χ2n) is 4.50. The first-order valence-corrected chi connectivity index (χ1v) is 8.40. The summed E-state index contributed by atoms with van der Waals surface area (Å²) >= 11 is 14.0. The summed E-state index contributed by atoms with van der Waals surface area (Å²) in [6, 6.07) is 5.57. The number of nitrogens with zero attached hydrogens (tertiary/aromatic N) is 3. The van der Waals surface area contributed by atoms with Crippen LogP contribution in [-0.2, 0) is 12.3 Å². The molecule has 0 radical (unpaired) electrons. The van der Waals surface area contributed by atoms with Crippen molar-refractivity contribution in [3.05, 3.63) is 40.1 Å². The Morgan fingerprint density at radius 1 is 1.20 bits per heavy atom. The molecule has 3 nitrogen and oxygen atoms in total. The van der Waals surface area contributed by atoms with Crippen LogP contribution in [0.5, 0.6) is 0 Å². The number of rotatable bonds is 7. The maximum absolute atomic E-state index is 6.17. The Hall–Kier alpha value is -0.710. The van der Waals surface area contributed by atoms with Crippen molar-refractivity contribution in [2.75, 3.05) is 0 Å². The van der Waals surface area contributed by atoms with Crippen molar-refractivity contribution in [2.24, 2.45) is 0 Å². The number of thioether (sulfide) groups is 1. The van der Waals surface area contributed by atoms with E-state index < -0.39 is 0 Å². The van der Waals surface area contributed by atoms with E-state index in [0.717, 1.165) is 23.7 Å². The lowest BCUT2D eigenvalue weighted by atomic mass is 10.2. The van der Waals surface area contributed by atoms with Gasteiger partial charge in [-0.2, -0.15) is 0 Å². The fraction of sp³-hybridized carbons (Fsp3) is 0.429. The van der Waals surface area contributed by atoms with Crippen LogP contribution in [0.15, 0.2) is 29.7 Å². The fourth-order valence-corrected chi connectivity index (χ4v) is 3.53. The molecule has 1 aromatic carbocycles. The highest BCUT2D eigenvalue weighted by molar-refractivity contribution is 7.98. The Morgan fingerprint density at radius 2 is 1.95 bits per heavy atom. The summed E-state index contributed by atoms with van der Waals surface area (Å²) in [5.74, 6) is 0.699. The Balaban J connectivity index is 1.99. The molecule has 0 spiro atoms. The first-order valence-electron chi connectivity index (χ1n) is 6.66. The smallest absolute Gasteiger partial charge is 0.191 e. The van der Waals surface area contributed by atoms with Gasteiger partial charge in [0, 0.05) is 22.3 Å². The van der Waals surface area contributed by atoms with Crippen molar-refractivity contribution in [3.8, 4) is 0 Å². The average molecular weight is 330 g/mol. The topological polar surface area (TPSA) is 30.7 Å². The van der Waals surface area contributed by atoms with E-state index in [1.54, 1.807) is 18.1 Å². The molecule has 0 atom stereocenters. The summed E-state index contributed by atoms with van der Waals surface area (Å²) in [5.41, 5.74) is 0.948. The number of aromatic nitrogens is 3. The largest absolute Gasteiger partial charge is 0.309 e. The van der Waals surface area contributed by atoms with Gasteiger partial charge in [0.15, 0.2) is 5.16 Å². The lowest BCUT2D eigenvalue weighted by molar-refractivity contribution is 0.566. The van der Waals surface area contributed by atoms with Crippen LogP contribution < -0.4 is 0 Å². The molecular formula is C14H17Cl2N3S. The SMILES string of the molecule is CCCCCn1cnnc1SCc1c(Cl)cccc1Cl. The standard InChI is InChI=1S/C14H17Cl2N3S/c1-2-3-4-8-19-10-17-18-14(19)20-9-11-12(15)6-5-7-13(11)16/h5-7,10H,2-4,8-9H2,1H3. The van der Waals surface area contributed by atoms with E-state index in [0.29, 0.717) is 15.8 Å². The molecular weight excluding hydrogens is 313 g/mol. The van der Waals surface area contributed by atoms with E-state index in [1.165, 1.54) is 12.8 Å². The van der Waals surface area contributed by atoms with Gasteiger partial charge in [0.2, 0.25) is 0 Å². The molecule has 0 unspecified atom stereocenters. The normalized spacial score (nSPS) is 10.9. The molecule has 0 bridgehead atoms. The van der Waals surface area contributed by atoms with E-state index >= 15 is 0 Å². The van der Waals surface area contributed by atoms with Gasteiger partial charge < -0.3 is 4.57 Å². The molecule has 1 aromatic heterocycles. The number of unbranched alkanes of at least 4 members (excludes halogenated alkanes) is 2. The Kier molecular flexibility index (Phi) is 6.20. The van der Waals surface area contributed by atoms with Crippen LogP contribution in [0.25, 0.3) is 0 Å². The minimum absolute atomic E-state index is 0.696. The number of halogens is 2. The first kappa shape index (κ1) is 15.7. The van der Waals surface area contributed by atoms with Crippen LogP contribution in [0.3, 0.4) is 0 Å². The number of benzene rings is 1. The highest BCUT2D eigenvalue weighted by atomic mass is 35.5. The lowest BCUT2D eigenvalue weighted by Crippen LogP contribution is -1.99. The maximum Gasteiger partial charge on any atom is 0.191 e. The molecule has 0 aliphatic carbocycles. The average Bonchev–Trinajstić information content (AvgIpc) is 2.86. The Morgan fingerprint density at radius 3 is 2.65 bits per heavy atom. The molecule has 2 rings (SSSR count). The number of hydrogen-bond acceptors (Lipinski definition) is 3. The third kappa shape index (κ3) is 4.14. The van der Waals surface area contributed by atoms with E-state index in [2.05, 4.69) is 21.7 Å². The zero-order valence-corrected chi connectivity index (χ0v) is 13.7. The summed E-state index contributed by atoms with van der Waals surface area (Å²) < 4.78 is 2.09. The van der Waals surface area contributed by atoms with Crippen molar-refractivity contribution < 1.29 is 0 Å². The predicted octanol–water partition coefficient (Wildman–Crippen LogP) is 5.07. The zero-order valence-electron chi connectivity index (χ0n) is 11.4. The lowest BCUT2D eigenvalue weighted by Gasteiger charge is -2.08. The van der Waals surface area contributed by atoms with Crippen LogP contribution in [0.1, 0.15) is 31.7 Å². The highest BCUT2D eigenvalue weighted by Crippen LogP contribution is 2.30. The van der Waals surface area contributed by atoms with Crippen molar-refractivity contribution in [2.45, 2.75) is 43.6 Å². The monoisotopic (exact) mass is 329 g/mol. The van der Waals surface area contributed by atoms with E-state index in [4.69, 9.17) is 23.2 Å². The third-order valence-corrected chi connectivity index (χ3v) is 4.71. The van der Waals surface area contributed by atoms with Gasteiger partial charge in [0.25, 0.3) is 0 Å². The second-order valence-corrected chi connectivity index (χ2v) is 6.26. The summed E-state index contributed by atoms with van der Waals surface area (Å²) in [7, 11) is 0. The van der Waals surface area contributed by atoms with Crippen molar-refractivity contribution in [1.29, 1.82) is 0 Å². The van der Waals surface area contributed by atoms with Gasteiger partial charge in [0.05, 0.1) is 0 Å². The van der Waals surface area contributed by atoms with Crippen molar-refractivity contribution in [3.63, 3.8) is 0 Å². The highest BCUT2D eigenvalue weighted by Gasteiger charge is 2.09. The predicted molar refractivity (Wildman–Crippen MR) is 85.6 cm³/mol. The molecule has 0 amide bonds. The second kappa shape index (κ2) is 7.91. The van der Waals surface area contributed by atoms with Crippen LogP contribution in [0.2, 0.25) is 10.0 Å². The Bertz CT molecular complexity index is 537. The summed E-state index contributed by atoms with van der Waals surface area (Å²) in [6.45, 7) is 3.15. The Labute approximate surface area is 133 Å². The van der Waals surface area contributed by atoms with Crippen LogP contribution in [0, 0.1) is 0 Å². The molecule has 1 heterocycles. The summed E-state index contributed by atoms with van der Waals surface area (Å²) in [5, 5.41) is 10.4. The van der Waals surface area contributed by atoms with Gasteiger partial charge in [-0.15, -0.1) is 10.2 Å². The third-order valence-electron chi connectivity index (χ3n) is 2.99. The number of hydrogen-bond donors (Lipinski definition) is 0. The van der Waals surface area contributed by atoms with Gasteiger partial charge in [-0.1, -0.05) is 60.8 Å². The van der Waals surface area contributed by atoms with Crippen molar-refractivity contribution in [1.82, 2.24) is 14.8 Å².